The molecule has 0 amide bonds. The average Bonchev–Trinajstić information content (AvgIpc) is 2.72. The number of nitrogens with one attached hydrogen (secondary N) is 1. The van der Waals surface area contributed by atoms with Crippen molar-refractivity contribution in [1.29, 1.82) is 0 Å². The second-order valence-electron chi connectivity index (χ2n) is 5.58. The molecule has 2 aromatic rings. The van der Waals surface area contributed by atoms with E-state index in [4.69, 9.17) is 11.6 Å². The fourth-order valence-corrected chi connectivity index (χ4v) is 2.16. The quantitative estimate of drug-likeness (QED) is 0.880. The van der Waals surface area contributed by atoms with Crippen LogP contribution in [0.1, 0.15) is 30.7 Å². The predicted octanol–water partition coefficient (Wildman–Crippen LogP) is 3.64. The van der Waals surface area contributed by atoms with Gasteiger partial charge in [-0.15, -0.1) is 0 Å². The van der Waals surface area contributed by atoms with E-state index in [1.54, 1.807) is 6.20 Å². The molecule has 1 N–H and O–H groups in total. The van der Waals surface area contributed by atoms with Crippen molar-refractivity contribution in [3.63, 3.8) is 0 Å². The van der Waals surface area contributed by atoms with E-state index in [1.165, 1.54) is 11.1 Å². The summed E-state index contributed by atoms with van der Waals surface area (Å²) in [5.74, 6) is 0.682. The predicted molar refractivity (Wildman–Crippen MR) is 84.1 cm³/mol. The van der Waals surface area contributed by atoms with Crippen molar-refractivity contribution in [1.82, 2.24) is 15.1 Å². The lowest BCUT2D eigenvalue weighted by Crippen LogP contribution is -2.18. The first-order chi connectivity index (χ1) is 9.56. The van der Waals surface area contributed by atoms with Crippen LogP contribution in [0.15, 0.2) is 30.5 Å². The van der Waals surface area contributed by atoms with E-state index >= 15 is 0 Å². The van der Waals surface area contributed by atoms with Gasteiger partial charge in [-0.2, -0.15) is 5.10 Å². The number of aromatic nitrogens is 2. The molecule has 0 aliphatic heterocycles. The first kappa shape index (κ1) is 15.1. The Balaban J connectivity index is 1.93. The van der Waals surface area contributed by atoms with Gasteiger partial charge in [0.05, 0.1) is 23.5 Å². The molecule has 0 saturated carbocycles. The lowest BCUT2D eigenvalue weighted by Gasteiger charge is -2.09. The number of benzene rings is 1. The van der Waals surface area contributed by atoms with Gasteiger partial charge in [-0.1, -0.05) is 49.7 Å². The Morgan fingerprint density at radius 2 is 1.85 bits per heavy atom. The fraction of sp³-hybridized carbons (Fsp3) is 0.438. The Bertz CT molecular complexity index is 543. The van der Waals surface area contributed by atoms with Crippen LogP contribution >= 0.6 is 11.6 Å². The Morgan fingerprint density at radius 3 is 2.40 bits per heavy atom. The number of hydrogen-bond acceptors (Lipinski definition) is 2. The van der Waals surface area contributed by atoms with Gasteiger partial charge in [0.1, 0.15) is 0 Å². The molecule has 0 atom stereocenters. The maximum atomic E-state index is 6.01. The minimum Gasteiger partial charge on any atom is -0.312 e. The molecule has 0 aliphatic carbocycles. The summed E-state index contributed by atoms with van der Waals surface area (Å²) in [6.45, 7) is 9.15. The molecule has 1 aromatic carbocycles. The first-order valence-electron chi connectivity index (χ1n) is 7.02. The van der Waals surface area contributed by atoms with Crippen LogP contribution in [0.2, 0.25) is 5.02 Å². The molecule has 3 nitrogen and oxygen atoms in total. The summed E-state index contributed by atoms with van der Waals surface area (Å²) >= 11 is 6.01. The number of rotatable bonds is 6. The minimum atomic E-state index is 0.682. The van der Waals surface area contributed by atoms with Gasteiger partial charge >= 0.3 is 0 Å². The molecule has 0 bridgehead atoms. The summed E-state index contributed by atoms with van der Waals surface area (Å²) in [7, 11) is 0. The van der Waals surface area contributed by atoms with Gasteiger partial charge in [0.15, 0.2) is 0 Å². The molecule has 0 saturated heterocycles. The highest BCUT2D eigenvalue weighted by Crippen LogP contribution is 2.15. The van der Waals surface area contributed by atoms with Gasteiger partial charge < -0.3 is 5.32 Å². The molecule has 20 heavy (non-hydrogen) atoms. The molecule has 0 radical (unpaired) electrons. The van der Waals surface area contributed by atoms with Crippen LogP contribution in [-0.4, -0.2) is 16.3 Å². The Morgan fingerprint density at radius 1 is 1.20 bits per heavy atom. The van der Waals surface area contributed by atoms with Crippen molar-refractivity contribution in [3.05, 3.63) is 52.3 Å². The lowest BCUT2D eigenvalue weighted by molar-refractivity contribution is 0.552. The van der Waals surface area contributed by atoms with Crippen LogP contribution in [0.25, 0.3) is 0 Å². The Hall–Kier alpha value is -1.32. The third-order valence-corrected chi connectivity index (χ3v) is 3.65. The Kier molecular flexibility index (Phi) is 5.21. The topological polar surface area (TPSA) is 29.9 Å². The van der Waals surface area contributed by atoms with Gasteiger partial charge in [0.2, 0.25) is 0 Å². The molecular formula is C16H22ClN3. The highest BCUT2D eigenvalue weighted by Gasteiger charge is 2.04. The van der Waals surface area contributed by atoms with Crippen molar-refractivity contribution in [2.45, 2.75) is 33.9 Å². The fourth-order valence-electron chi connectivity index (χ4n) is 2.02. The molecule has 0 spiro atoms. The molecule has 2 rings (SSSR count). The lowest BCUT2D eigenvalue weighted by atomic mass is 10.1. The third kappa shape index (κ3) is 4.09. The normalized spacial score (nSPS) is 11.2. The van der Waals surface area contributed by atoms with E-state index in [2.05, 4.69) is 48.5 Å². The smallest absolute Gasteiger partial charge is 0.0815 e. The zero-order valence-corrected chi connectivity index (χ0v) is 13.1. The highest BCUT2D eigenvalue weighted by molar-refractivity contribution is 6.31. The SMILES string of the molecule is Cc1c(Cl)cnn1Cc1ccc(CNCC(C)C)cc1. The number of nitrogens with zero attached hydrogens (tertiary/aromatic N) is 2. The molecule has 0 fully saturated rings. The average molecular weight is 292 g/mol. The van der Waals surface area contributed by atoms with Gasteiger partial charge in [0, 0.05) is 6.54 Å². The van der Waals surface area contributed by atoms with Crippen molar-refractivity contribution >= 4 is 11.6 Å². The van der Waals surface area contributed by atoms with Gasteiger partial charge in [0.25, 0.3) is 0 Å². The summed E-state index contributed by atoms with van der Waals surface area (Å²) < 4.78 is 1.92. The maximum absolute atomic E-state index is 6.01. The standard InChI is InChI=1S/C16H22ClN3/c1-12(2)8-18-9-14-4-6-15(7-5-14)11-20-13(3)16(17)10-19-20/h4-7,10,12,18H,8-9,11H2,1-3H3. The summed E-state index contributed by atoms with van der Waals surface area (Å²) in [6, 6.07) is 8.65. The van der Waals surface area contributed by atoms with E-state index in [9.17, 15) is 0 Å². The van der Waals surface area contributed by atoms with Gasteiger partial charge in [-0.25, -0.2) is 0 Å². The van der Waals surface area contributed by atoms with Crippen LogP contribution in [0.4, 0.5) is 0 Å². The monoisotopic (exact) mass is 291 g/mol. The minimum absolute atomic E-state index is 0.682. The Labute approximate surface area is 126 Å². The number of hydrogen-bond donors (Lipinski definition) is 1. The highest BCUT2D eigenvalue weighted by atomic mass is 35.5. The van der Waals surface area contributed by atoms with E-state index in [0.717, 1.165) is 30.4 Å². The molecule has 108 valence electrons. The molecular weight excluding hydrogens is 270 g/mol. The number of halogens is 1. The third-order valence-electron chi connectivity index (χ3n) is 3.28. The second kappa shape index (κ2) is 6.91. The first-order valence-corrected chi connectivity index (χ1v) is 7.40. The molecule has 0 unspecified atom stereocenters. The van der Waals surface area contributed by atoms with Crippen molar-refractivity contribution in [2.24, 2.45) is 5.92 Å². The van der Waals surface area contributed by atoms with E-state index < -0.39 is 0 Å². The van der Waals surface area contributed by atoms with Crippen LogP contribution < -0.4 is 5.32 Å². The summed E-state index contributed by atoms with van der Waals surface area (Å²) in [5, 5.41) is 8.44. The van der Waals surface area contributed by atoms with Crippen molar-refractivity contribution in [3.8, 4) is 0 Å². The molecule has 4 heteroatoms. The van der Waals surface area contributed by atoms with Crippen LogP contribution in [0.3, 0.4) is 0 Å². The van der Waals surface area contributed by atoms with E-state index in [1.807, 2.05) is 11.6 Å². The zero-order chi connectivity index (χ0) is 14.5. The van der Waals surface area contributed by atoms with Crippen LogP contribution in [-0.2, 0) is 13.1 Å². The van der Waals surface area contributed by atoms with E-state index in [-0.39, 0.29) is 0 Å². The van der Waals surface area contributed by atoms with Gasteiger partial charge in [-0.05, 0) is 30.5 Å². The zero-order valence-electron chi connectivity index (χ0n) is 12.4. The molecule has 0 aliphatic rings. The maximum Gasteiger partial charge on any atom is 0.0815 e. The van der Waals surface area contributed by atoms with Gasteiger partial charge in [-0.3, -0.25) is 4.68 Å². The van der Waals surface area contributed by atoms with E-state index in [0.29, 0.717) is 5.92 Å². The molecule has 1 aromatic heterocycles. The second-order valence-corrected chi connectivity index (χ2v) is 5.98. The summed E-state index contributed by atoms with van der Waals surface area (Å²) in [6.07, 6.45) is 1.70. The van der Waals surface area contributed by atoms with Crippen molar-refractivity contribution in [2.75, 3.05) is 6.54 Å². The van der Waals surface area contributed by atoms with Crippen molar-refractivity contribution < 1.29 is 0 Å². The molecule has 1 heterocycles. The van der Waals surface area contributed by atoms with Crippen LogP contribution in [0, 0.1) is 12.8 Å². The summed E-state index contributed by atoms with van der Waals surface area (Å²) in [5.41, 5.74) is 3.56. The largest absolute Gasteiger partial charge is 0.312 e. The summed E-state index contributed by atoms with van der Waals surface area (Å²) in [4.78, 5) is 0. The van der Waals surface area contributed by atoms with Crippen LogP contribution in [0.5, 0.6) is 0 Å².